The van der Waals surface area contributed by atoms with Gasteiger partial charge in [-0.1, -0.05) is 25.5 Å². The average molecular weight is 253 g/mol. The first kappa shape index (κ1) is 15.1. The molecule has 0 aliphatic heterocycles. The first-order valence-electron chi connectivity index (χ1n) is 6.63. The summed E-state index contributed by atoms with van der Waals surface area (Å²) in [5.74, 6) is -0.197. The zero-order valence-corrected chi connectivity index (χ0v) is 11.5. The van der Waals surface area contributed by atoms with Crippen molar-refractivity contribution in [2.24, 2.45) is 0 Å². The Morgan fingerprint density at radius 2 is 2.17 bits per heavy atom. The van der Waals surface area contributed by atoms with Gasteiger partial charge in [0.25, 0.3) is 0 Å². The van der Waals surface area contributed by atoms with Crippen LogP contribution in [-0.4, -0.2) is 23.3 Å². The van der Waals surface area contributed by atoms with Crippen LogP contribution in [0, 0.1) is 5.82 Å². The number of nitrogens with one attached hydrogen (secondary N) is 1. The summed E-state index contributed by atoms with van der Waals surface area (Å²) in [6, 6.07) is 6.88. The van der Waals surface area contributed by atoms with E-state index in [-0.39, 0.29) is 11.9 Å². The minimum atomic E-state index is -0.662. The molecule has 0 spiro atoms. The molecule has 0 bridgehead atoms. The van der Waals surface area contributed by atoms with Crippen LogP contribution in [0.1, 0.15) is 39.2 Å². The van der Waals surface area contributed by atoms with Gasteiger partial charge in [0.2, 0.25) is 0 Å². The Balaban J connectivity index is 2.40. The highest BCUT2D eigenvalue weighted by Gasteiger charge is 2.19. The van der Waals surface area contributed by atoms with E-state index in [1.165, 1.54) is 6.07 Å². The molecular weight excluding hydrogens is 229 g/mol. The third kappa shape index (κ3) is 5.61. The van der Waals surface area contributed by atoms with Crippen molar-refractivity contribution < 1.29 is 9.50 Å². The van der Waals surface area contributed by atoms with Crippen molar-refractivity contribution in [1.29, 1.82) is 0 Å². The number of hydrogen-bond donors (Lipinski definition) is 2. The quantitative estimate of drug-likeness (QED) is 0.783. The highest BCUT2D eigenvalue weighted by atomic mass is 19.1. The van der Waals surface area contributed by atoms with Gasteiger partial charge in [-0.2, -0.15) is 0 Å². The second-order valence-corrected chi connectivity index (χ2v) is 5.36. The molecule has 2 unspecified atom stereocenters. The Labute approximate surface area is 109 Å². The van der Waals surface area contributed by atoms with Crippen LogP contribution in [0.3, 0.4) is 0 Å². The van der Waals surface area contributed by atoms with Gasteiger partial charge < -0.3 is 10.4 Å². The van der Waals surface area contributed by atoms with Gasteiger partial charge >= 0.3 is 0 Å². The summed E-state index contributed by atoms with van der Waals surface area (Å²) in [7, 11) is 0. The lowest BCUT2D eigenvalue weighted by molar-refractivity contribution is 0.0477. The molecule has 0 fully saturated rings. The van der Waals surface area contributed by atoms with E-state index in [0.29, 0.717) is 6.54 Å². The maximum absolute atomic E-state index is 13.0. The van der Waals surface area contributed by atoms with Gasteiger partial charge in [-0.05, 0) is 44.4 Å². The van der Waals surface area contributed by atoms with Crippen molar-refractivity contribution in [3.05, 3.63) is 35.6 Å². The number of benzene rings is 1. The zero-order valence-electron chi connectivity index (χ0n) is 11.5. The molecule has 18 heavy (non-hydrogen) atoms. The smallest absolute Gasteiger partial charge is 0.123 e. The Hall–Kier alpha value is -0.930. The predicted molar refractivity (Wildman–Crippen MR) is 73.1 cm³/mol. The van der Waals surface area contributed by atoms with Gasteiger partial charge in [0.1, 0.15) is 5.82 Å². The summed E-state index contributed by atoms with van der Waals surface area (Å²) in [6.45, 7) is 6.52. The first-order valence-corrected chi connectivity index (χ1v) is 6.63. The highest BCUT2D eigenvalue weighted by Crippen LogP contribution is 2.11. The van der Waals surface area contributed by atoms with Crippen molar-refractivity contribution in [3.8, 4) is 0 Å². The topological polar surface area (TPSA) is 32.3 Å². The molecule has 0 heterocycles. The van der Waals surface area contributed by atoms with Gasteiger partial charge in [0.15, 0.2) is 0 Å². The van der Waals surface area contributed by atoms with Gasteiger partial charge in [-0.25, -0.2) is 4.39 Å². The van der Waals surface area contributed by atoms with E-state index in [0.717, 1.165) is 24.8 Å². The van der Waals surface area contributed by atoms with E-state index in [2.05, 4.69) is 12.2 Å². The summed E-state index contributed by atoms with van der Waals surface area (Å²) >= 11 is 0. The van der Waals surface area contributed by atoms with Crippen molar-refractivity contribution >= 4 is 0 Å². The fourth-order valence-electron chi connectivity index (χ4n) is 2.11. The van der Waals surface area contributed by atoms with Crippen molar-refractivity contribution in [3.63, 3.8) is 0 Å². The van der Waals surface area contributed by atoms with E-state index in [1.807, 2.05) is 19.9 Å². The van der Waals surface area contributed by atoms with E-state index < -0.39 is 5.60 Å². The van der Waals surface area contributed by atoms with Crippen LogP contribution in [0.5, 0.6) is 0 Å². The third-order valence-electron chi connectivity index (χ3n) is 3.05. The molecule has 2 nitrogen and oxygen atoms in total. The van der Waals surface area contributed by atoms with Crippen LogP contribution >= 0.6 is 0 Å². The lowest BCUT2D eigenvalue weighted by atomic mass is 9.99. The van der Waals surface area contributed by atoms with Gasteiger partial charge in [-0.15, -0.1) is 0 Å². The lowest BCUT2D eigenvalue weighted by Crippen LogP contribution is -2.42. The van der Waals surface area contributed by atoms with Crippen LogP contribution < -0.4 is 5.32 Å². The Bertz CT molecular complexity index is 365. The minimum absolute atomic E-state index is 0.197. The average Bonchev–Trinajstić information content (AvgIpc) is 2.26. The summed E-state index contributed by atoms with van der Waals surface area (Å²) < 4.78 is 13.0. The SMILES string of the molecule is CCCC(C)(O)CNC(C)Cc1cccc(F)c1. The van der Waals surface area contributed by atoms with E-state index in [1.54, 1.807) is 12.1 Å². The predicted octanol–water partition coefficient (Wildman–Crippen LogP) is 2.90. The zero-order chi connectivity index (χ0) is 13.6. The number of hydrogen-bond acceptors (Lipinski definition) is 2. The molecule has 0 aliphatic rings. The molecule has 102 valence electrons. The molecule has 0 amide bonds. The van der Waals surface area contributed by atoms with Crippen molar-refractivity contribution in [2.45, 2.75) is 51.7 Å². The second kappa shape index (κ2) is 6.86. The van der Waals surface area contributed by atoms with Crippen LogP contribution in [0.4, 0.5) is 4.39 Å². The van der Waals surface area contributed by atoms with Crippen LogP contribution in [0.15, 0.2) is 24.3 Å². The maximum atomic E-state index is 13.0. The molecule has 0 aliphatic carbocycles. The van der Waals surface area contributed by atoms with Crippen LogP contribution in [0.2, 0.25) is 0 Å². The summed E-state index contributed by atoms with van der Waals surface area (Å²) in [5.41, 5.74) is 0.315. The second-order valence-electron chi connectivity index (χ2n) is 5.36. The molecule has 0 saturated heterocycles. The van der Waals surface area contributed by atoms with Crippen LogP contribution in [-0.2, 0) is 6.42 Å². The van der Waals surface area contributed by atoms with E-state index in [4.69, 9.17) is 0 Å². The van der Waals surface area contributed by atoms with Crippen molar-refractivity contribution in [2.75, 3.05) is 6.54 Å². The largest absolute Gasteiger partial charge is 0.389 e. The highest BCUT2D eigenvalue weighted by molar-refractivity contribution is 5.17. The number of halogens is 1. The lowest BCUT2D eigenvalue weighted by Gasteiger charge is -2.25. The Kier molecular flexibility index (Phi) is 5.76. The normalized spacial score (nSPS) is 16.3. The molecule has 0 radical (unpaired) electrons. The Morgan fingerprint density at radius 1 is 1.44 bits per heavy atom. The summed E-state index contributed by atoms with van der Waals surface area (Å²) in [5, 5.41) is 13.4. The van der Waals surface area contributed by atoms with Gasteiger partial charge in [-0.3, -0.25) is 0 Å². The fourth-order valence-corrected chi connectivity index (χ4v) is 2.11. The van der Waals surface area contributed by atoms with E-state index in [9.17, 15) is 9.50 Å². The van der Waals surface area contributed by atoms with Crippen LogP contribution in [0.25, 0.3) is 0 Å². The van der Waals surface area contributed by atoms with E-state index >= 15 is 0 Å². The molecule has 1 aromatic carbocycles. The number of aliphatic hydroxyl groups is 1. The molecule has 3 heteroatoms. The maximum Gasteiger partial charge on any atom is 0.123 e. The summed E-state index contributed by atoms with van der Waals surface area (Å²) in [4.78, 5) is 0. The fraction of sp³-hybridized carbons (Fsp3) is 0.600. The van der Waals surface area contributed by atoms with Crippen molar-refractivity contribution in [1.82, 2.24) is 5.32 Å². The minimum Gasteiger partial charge on any atom is -0.389 e. The third-order valence-corrected chi connectivity index (χ3v) is 3.05. The van der Waals surface area contributed by atoms with Gasteiger partial charge in [0.05, 0.1) is 5.60 Å². The number of rotatable bonds is 7. The molecule has 0 saturated carbocycles. The monoisotopic (exact) mass is 253 g/mol. The summed E-state index contributed by atoms with van der Waals surface area (Å²) in [6.07, 6.45) is 2.51. The molecule has 1 rings (SSSR count). The van der Waals surface area contributed by atoms with Gasteiger partial charge in [0, 0.05) is 12.6 Å². The molecule has 1 aromatic rings. The molecule has 0 aromatic heterocycles. The molecule has 2 N–H and O–H groups in total. The standard InChI is InChI=1S/C15H24FNO/c1-4-8-15(3,18)11-17-12(2)9-13-6-5-7-14(16)10-13/h5-7,10,12,17-18H,4,8-9,11H2,1-3H3. The Morgan fingerprint density at radius 3 is 2.78 bits per heavy atom. The first-order chi connectivity index (χ1) is 8.43. The molecular formula is C15H24FNO. The molecule has 2 atom stereocenters.